The van der Waals surface area contributed by atoms with Crippen LogP contribution in [0.15, 0.2) is 0 Å². The molecule has 4 nitrogen and oxygen atoms in total. The number of esters is 1. The molecule has 2 fully saturated rings. The van der Waals surface area contributed by atoms with Crippen molar-refractivity contribution in [3.63, 3.8) is 0 Å². The Morgan fingerprint density at radius 3 is 2.50 bits per heavy atom. The number of nitrogens with zero attached hydrogens (tertiary/aromatic N) is 2. The molecule has 0 aromatic rings. The summed E-state index contributed by atoms with van der Waals surface area (Å²) in [4.78, 5) is 12.2. The van der Waals surface area contributed by atoms with Crippen molar-refractivity contribution in [2.45, 2.75) is 46.1 Å². The van der Waals surface area contributed by atoms with Gasteiger partial charge < -0.3 is 9.22 Å². The molecule has 2 aliphatic carbocycles. The molecule has 0 amide bonds. The van der Waals surface area contributed by atoms with Crippen molar-refractivity contribution in [2.24, 2.45) is 16.7 Å². The largest absolute Gasteiger partial charge is 0.458 e. The Kier molecular flexibility index (Phi) is 3.62. The number of carbonyl (C=O) groups excluding carboxylic acids is 1. The molecule has 0 unspecified atom stereocenters. The third-order valence-corrected chi connectivity index (χ3v) is 6.04. The summed E-state index contributed by atoms with van der Waals surface area (Å²) in [6, 6.07) is 2.12. The van der Waals surface area contributed by atoms with E-state index in [1.807, 2.05) is 14.1 Å². The average molecular weight is 279 g/mol. The summed E-state index contributed by atoms with van der Waals surface area (Å²) in [6.07, 6.45) is 3.46. The first-order valence-corrected chi connectivity index (χ1v) is 7.51. The number of hydrogen-bond donors (Lipinski definition) is 0. The highest BCUT2D eigenvalue weighted by molar-refractivity contribution is 5.71. The van der Waals surface area contributed by atoms with Crippen LogP contribution in [0.3, 0.4) is 0 Å². The van der Waals surface area contributed by atoms with Gasteiger partial charge in [-0.1, -0.05) is 20.8 Å². The molecule has 0 saturated heterocycles. The lowest BCUT2D eigenvalue weighted by Crippen LogP contribution is -2.46. The molecule has 2 aliphatic rings. The van der Waals surface area contributed by atoms with Crippen molar-refractivity contribution in [1.29, 1.82) is 5.26 Å². The number of rotatable bonds is 4. The third-order valence-electron chi connectivity index (χ3n) is 6.04. The first-order chi connectivity index (χ1) is 9.12. The van der Waals surface area contributed by atoms with E-state index in [-0.39, 0.29) is 29.4 Å². The van der Waals surface area contributed by atoms with Crippen molar-refractivity contribution < 1.29 is 14.0 Å². The molecule has 0 aromatic heterocycles. The minimum absolute atomic E-state index is 0.0471. The lowest BCUT2D eigenvalue weighted by atomic mass is 9.70. The molecule has 0 aliphatic heterocycles. The summed E-state index contributed by atoms with van der Waals surface area (Å²) in [6.45, 7) is 7.49. The van der Waals surface area contributed by atoms with Gasteiger partial charge in [0, 0.05) is 5.41 Å². The van der Waals surface area contributed by atoms with Gasteiger partial charge in [0.1, 0.15) is 12.2 Å². The van der Waals surface area contributed by atoms with Crippen LogP contribution >= 0.6 is 0 Å². The maximum atomic E-state index is 12.2. The fourth-order valence-corrected chi connectivity index (χ4v) is 4.10. The first kappa shape index (κ1) is 15.3. The van der Waals surface area contributed by atoms with Gasteiger partial charge >= 0.3 is 5.97 Å². The van der Waals surface area contributed by atoms with Crippen molar-refractivity contribution in [1.82, 2.24) is 0 Å². The Morgan fingerprint density at radius 2 is 2.05 bits per heavy atom. The molecular weight excluding hydrogens is 252 g/mol. The standard InChI is InChI=1S/C16H27N2O2/c1-15(2)12-6-7-16(15,3)13(10-12)20-14(19)11-18(4,5)9-8-17/h12-13H,6-7,9-11H2,1-5H3/q+1/t12-,13-,16+/m1/s1. The lowest BCUT2D eigenvalue weighted by molar-refractivity contribution is -0.876. The smallest absolute Gasteiger partial charge is 0.362 e. The van der Waals surface area contributed by atoms with Gasteiger partial charge in [-0.05, 0) is 30.6 Å². The molecule has 0 radical (unpaired) electrons. The first-order valence-electron chi connectivity index (χ1n) is 7.51. The molecule has 0 heterocycles. The number of carbonyl (C=O) groups is 1. The Bertz CT molecular complexity index is 450. The van der Waals surface area contributed by atoms with Gasteiger partial charge in [-0.3, -0.25) is 0 Å². The minimum Gasteiger partial charge on any atom is -0.458 e. The van der Waals surface area contributed by atoms with Crippen molar-refractivity contribution in [3.05, 3.63) is 0 Å². The second-order valence-electron chi connectivity index (χ2n) is 8.00. The average Bonchev–Trinajstić information content (AvgIpc) is 2.60. The summed E-state index contributed by atoms with van der Waals surface area (Å²) in [5.41, 5.74) is 0.370. The van der Waals surface area contributed by atoms with E-state index in [0.717, 1.165) is 12.8 Å². The van der Waals surface area contributed by atoms with Gasteiger partial charge in [-0.2, -0.15) is 5.26 Å². The Balaban J connectivity index is 1.99. The predicted molar refractivity (Wildman–Crippen MR) is 76.6 cm³/mol. The summed E-state index contributed by atoms with van der Waals surface area (Å²) < 4.78 is 6.17. The van der Waals surface area contributed by atoms with E-state index in [1.165, 1.54) is 6.42 Å². The summed E-state index contributed by atoms with van der Waals surface area (Å²) >= 11 is 0. The molecule has 0 aromatic carbocycles. The zero-order valence-electron chi connectivity index (χ0n) is 13.4. The molecule has 112 valence electrons. The van der Waals surface area contributed by atoms with Crippen LogP contribution in [0.25, 0.3) is 0 Å². The molecule has 0 spiro atoms. The van der Waals surface area contributed by atoms with E-state index >= 15 is 0 Å². The number of hydrogen-bond acceptors (Lipinski definition) is 3. The van der Waals surface area contributed by atoms with E-state index in [1.54, 1.807) is 0 Å². The van der Waals surface area contributed by atoms with Gasteiger partial charge in [0.05, 0.1) is 14.1 Å². The Hall–Kier alpha value is -1.08. The number of likely N-dealkylation sites (N-methyl/N-ethyl adjacent to an activating group) is 1. The van der Waals surface area contributed by atoms with Gasteiger partial charge in [0.25, 0.3) is 0 Å². The number of ether oxygens (including phenoxy) is 1. The topological polar surface area (TPSA) is 50.1 Å². The summed E-state index contributed by atoms with van der Waals surface area (Å²) in [5.74, 6) is 0.506. The van der Waals surface area contributed by atoms with Crippen LogP contribution < -0.4 is 0 Å². The van der Waals surface area contributed by atoms with Gasteiger partial charge in [0.15, 0.2) is 13.1 Å². The number of fused-ring (bicyclic) bond motifs is 2. The van der Waals surface area contributed by atoms with Crippen LogP contribution in [0.4, 0.5) is 0 Å². The maximum Gasteiger partial charge on any atom is 0.362 e. The Labute approximate surface area is 122 Å². The molecule has 2 rings (SSSR count). The van der Waals surface area contributed by atoms with Crippen LogP contribution in [0.1, 0.15) is 40.0 Å². The van der Waals surface area contributed by atoms with Gasteiger partial charge in [-0.15, -0.1) is 0 Å². The van der Waals surface area contributed by atoms with Crippen LogP contribution in [-0.2, 0) is 9.53 Å². The van der Waals surface area contributed by atoms with Crippen LogP contribution in [-0.4, -0.2) is 43.7 Å². The van der Waals surface area contributed by atoms with Crippen molar-refractivity contribution in [3.8, 4) is 6.07 Å². The van der Waals surface area contributed by atoms with Gasteiger partial charge in [-0.25, -0.2) is 4.79 Å². The van der Waals surface area contributed by atoms with Crippen LogP contribution in [0.5, 0.6) is 0 Å². The van der Waals surface area contributed by atoms with E-state index in [9.17, 15) is 4.79 Å². The zero-order valence-corrected chi connectivity index (χ0v) is 13.4. The number of nitriles is 1. The maximum absolute atomic E-state index is 12.2. The van der Waals surface area contributed by atoms with Crippen LogP contribution in [0, 0.1) is 28.1 Å². The summed E-state index contributed by atoms with van der Waals surface area (Å²) in [5, 5.41) is 8.78. The molecular formula is C16H27N2O2+. The quantitative estimate of drug-likeness (QED) is 0.451. The van der Waals surface area contributed by atoms with E-state index in [0.29, 0.717) is 16.9 Å². The monoisotopic (exact) mass is 279 g/mol. The highest BCUT2D eigenvalue weighted by Gasteiger charge is 2.62. The van der Waals surface area contributed by atoms with E-state index in [2.05, 4.69) is 26.8 Å². The molecule has 0 N–H and O–H groups in total. The molecule has 3 atom stereocenters. The molecule has 20 heavy (non-hydrogen) atoms. The highest BCUT2D eigenvalue weighted by atomic mass is 16.5. The SMILES string of the molecule is CC1(C)[C@@H]2CC[C@@]1(C)[C@H](OC(=O)C[N+](C)(C)CC#N)C2. The van der Waals surface area contributed by atoms with Crippen molar-refractivity contribution in [2.75, 3.05) is 27.2 Å². The normalized spacial score (nSPS) is 34.8. The number of quaternary nitrogens is 1. The predicted octanol–water partition coefficient (Wildman–Crippen LogP) is 2.34. The fourth-order valence-electron chi connectivity index (χ4n) is 4.10. The molecule has 2 bridgehead atoms. The van der Waals surface area contributed by atoms with Crippen LogP contribution in [0.2, 0.25) is 0 Å². The van der Waals surface area contributed by atoms with Gasteiger partial charge in [0.2, 0.25) is 0 Å². The minimum atomic E-state index is -0.167. The second-order valence-corrected chi connectivity index (χ2v) is 8.00. The Morgan fingerprint density at radius 1 is 1.40 bits per heavy atom. The zero-order chi connectivity index (χ0) is 15.2. The second kappa shape index (κ2) is 4.73. The van der Waals surface area contributed by atoms with E-state index in [4.69, 9.17) is 10.00 Å². The van der Waals surface area contributed by atoms with Crippen molar-refractivity contribution >= 4 is 5.97 Å². The summed E-state index contributed by atoms with van der Waals surface area (Å²) in [7, 11) is 3.77. The van der Waals surface area contributed by atoms with E-state index < -0.39 is 0 Å². The molecule has 4 heteroatoms. The molecule has 2 saturated carbocycles. The lowest BCUT2D eigenvalue weighted by Gasteiger charge is -2.38. The fraction of sp³-hybridized carbons (Fsp3) is 0.875. The third kappa shape index (κ3) is 2.33. The highest BCUT2D eigenvalue weighted by Crippen LogP contribution is 2.66.